The minimum atomic E-state index is -3.59. The molecule has 0 unspecified atom stereocenters. The minimum absolute atomic E-state index is 0.0415. The molecule has 1 atom stereocenters. The summed E-state index contributed by atoms with van der Waals surface area (Å²) in [6.07, 6.45) is 2.16. The number of fused-ring (bicyclic) bond motifs is 2. The van der Waals surface area contributed by atoms with Crippen LogP contribution in [0.2, 0.25) is 0 Å². The first-order valence-corrected chi connectivity index (χ1v) is 11.3. The van der Waals surface area contributed by atoms with Crippen LogP contribution in [0.5, 0.6) is 5.75 Å². The normalized spacial score (nSPS) is 23.9. The zero-order valence-corrected chi connectivity index (χ0v) is 18.2. The summed E-state index contributed by atoms with van der Waals surface area (Å²) in [5.74, 6) is 0.00298. The van der Waals surface area contributed by atoms with Crippen molar-refractivity contribution in [1.29, 1.82) is 5.41 Å². The van der Waals surface area contributed by atoms with Crippen LogP contribution in [0.4, 0.5) is 5.69 Å². The van der Waals surface area contributed by atoms with Gasteiger partial charge in [-0.25, -0.2) is 8.42 Å². The van der Waals surface area contributed by atoms with Crippen LogP contribution in [0.15, 0.2) is 24.4 Å². The third kappa shape index (κ3) is 3.06. The number of ether oxygens (including phenoxy) is 1. The minimum Gasteiger partial charge on any atom is -0.493 e. The van der Waals surface area contributed by atoms with Gasteiger partial charge in [-0.15, -0.1) is 0 Å². The third-order valence-corrected chi connectivity index (χ3v) is 8.58. The van der Waals surface area contributed by atoms with Crippen LogP contribution in [0.1, 0.15) is 41.9 Å². The number of nitrogens with zero attached hydrogens (tertiary/aromatic N) is 2. The Kier molecular flexibility index (Phi) is 4.46. The maximum Gasteiger partial charge on any atom is 0.276 e. The van der Waals surface area contributed by atoms with Crippen molar-refractivity contribution in [3.05, 3.63) is 41.2 Å². The van der Waals surface area contributed by atoms with Crippen LogP contribution >= 0.6 is 0 Å². The zero-order valence-electron chi connectivity index (χ0n) is 17.4. The van der Waals surface area contributed by atoms with Gasteiger partial charge in [-0.3, -0.25) is 14.9 Å². The fourth-order valence-electron chi connectivity index (χ4n) is 3.97. The molecule has 2 aliphatic heterocycles. The highest BCUT2D eigenvalue weighted by molar-refractivity contribution is 7.93. The van der Waals surface area contributed by atoms with Gasteiger partial charge in [-0.05, 0) is 39.0 Å². The van der Waals surface area contributed by atoms with Crippen molar-refractivity contribution in [1.82, 2.24) is 15.1 Å². The van der Waals surface area contributed by atoms with E-state index >= 15 is 0 Å². The van der Waals surface area contributed by atoms with E-state index in [4.69, 9.17) is 10.1 Å². The molecule has 3 N–H and O–H groups in total. The fraction of sp³-hybridized carbons (Fsp3) is 0.450. The van der Waals surface area contributed by atoms with Crippen LogP contribution in [0.3, 0.4) is 0 Å². The molecule has 2 aromatic rings. The van der Waals surface area contributed by atoms with Crippen LogP contribution < -0.4 is 15.4 Å². The second kappa shape index (κ2) is 6.56. The molecule has 1 amide bonds. The van der Waals surface area contributed by atoms with Crippen molar-refractivity contribution in [3.8, 4) is 5.75 Å². The molecule has 4 rings (SSSR count). The Morgan fingerprint density at radius 2 is 2.10 bits per heavy atom. The molecule has 3 heterocycles. The highest BCUT2D eigenvalue weighted by Crippen LogP contribution is 2.43. The molecule has 0 bridgehead atoms. The number of hydrogen-bond acceptors (Lipinski definition) is 6. The lowest BCUT2D eigenvalue weighted by atomic mass is 9.84. The lowest BCUT2D eigenvalue weighted by Crippen LogP contribution is -2.65. The Hall–Kier alpha value is -2.88. The SMILES string of the molecule is Cc1cn(C)nc1C(=O)Nc1ccc2c(c1)[C@]1(CCO2)CS(=O)(=O)C(C)(C)C(=N)N1. The molecule has 30 heavy (non-hydrogen) atoms. The summed E-state index contributed by atoms with van der Waals surface area (Å²) in [6, 6.07) is 5.15. The van der Waals surface area contributed by atoms with Crippen LogP contribution in [0.25, 0.3) is 0 Å². The molecular formula is C20H25N5O4S. The monoisotopic (exact) mass is 431 g/mol. The number of aryl methyl sites for hydroxylation is 2. The molecule has 1 aromatic carbocycles. The number of rotatable bonds is 2. The number of anilines is 1. The quantitative estimate of drug-likeness (QED) is 0.665. The van der Waals surface area contributed by atoms with Crippen LogP contribution in [-0.2, 0) is 22.4 Å². The Morgan fingerprint density at radius 3 is 2.73 bits per heavy atom. The molecule has 9 nitrogen and oxygen atoms in total. The molecular weight excluding hydrogens is 406 g/mol. The van der Waals surface area contributed by atoms with E-state index in [9.17, 15) is 13.2 Å². The molecule has 2 aliphatic rings. The van der Waals surface area contributed by atoms with Crippen molar-refractivity contribution >= 4 is 27.3 Å². The van der Waals surface area contributed by atoms with Crippen molar-refractivity contribution in [2.75, 3.05) is 17.7 Å². The number of amidine groups is 1. The maximum atomic E-state index is 13.0. The summed E-state index contributed by atoms with van der Waals surface area (Å²) in [7, 11) is -1.84. The molecule has 160 valence electrons. The average molecular weight is 432 g/mol. The summed E-state index contributed by atoms with van der Waals surface area (Å²) < 4.78 is 32.0. The number of sulfone groups is 1. The van der Waals surface area contributed by atoms with E-state index in [1.807, 2.05) is 6.92 Å². The lowest BCUT2D eigenvalue weighted by molar-refractivity contribution is 0.102. The first-order valence-electron chi connectivity index (χ1n) is 9.64. The van der Waals surface area contributed by atoms with Gasteiger partial charge in [0.1, 0.15) is 16.3 Å². The smallest absolute Gasteiger partial charge is 0.276 e. The van der Waals surface area contributed by atoms with E-state index in [1.54, 1.807) is 36.1 Å². The van der Waals surface area contributed by atoms with Gasteiger partial charge >= 0.3 is 0 Å². The van der Waals surface area contributed by atoms with Gasteiger partial charge in [-0.1, -0.05) is 0 Å². The van der Waals surface area contributed by atoms with Gasteiger partial charge in [0.25, 0.3) is 5.91 Å². The number of carbonyl (C=O) groups excluding carboxylic acids is 1. The number of benzene rings is 1. The van der Waals surface area contributed by atoms with Gasteiger partial charge in [0, 0.05) is 36.5 Å². The number of hydrogen-bond donors (Lipinski definition) is 3. The van der Waals surface area contributed by atoms with E-state index in [0.717, 1.165) is 5.56 Å². The van der Waals surface area contributed by atoms with Crippen molar-refractivity contribution in [2.24, 2.45) is 7.05 Å². The molecule has 10 heteroatoms. The first kappa shape index (κ1) is 20.4. The van der Waals surface area contributed by atoms with Crippen molar-refractivity contribution < 1.29 is 17.9 Å². The molecule has 1 saturated heterocycles. The predicted molar refractivity (Wildman–Crippen MR) is 113 cm³/mol. The summed E-state index contributed by atoms with van der Waals surface area (Å²) >= 11 is 0. The first-order chi connectivity index (χ1) is 13.9. The molecule has 0 aliphatic carbocycles. The Labute approximate surface area is 175 Å². The van der Waals surface area contributed by atoms with Crippen molar-refractivity contribution in [2.45, 2.75) is 37.5 Å². The summed E-state index contributed by atoms with van der Waals surface area (Å²) in [5.41, 5.74) is 1.23. The van der Waals surface area contributed by atoms with Crippen LogP contribution in [-0.4, -0.2) is 47.0 Å². The van der Waals surface area contributed by atoms with Gasteiger partial charge in [0.15, 0.2) is 15.5 Å². The van der Waals surface area contributed by atoms with Gasteiger partial charge < -0.3 is 15.4 Å². The predicted octanol–water partition coefficient (Wildman–Crippen LogP) is 1.73. The third-order valence-electron chi connectivity index (χ3n) is 5.95. The number of carbonyl (C=O) groups is 1. The second-order valence-corrected chi connectivity index (χ2v) is 11.0. The average Bonchev–Trinajstić information content (AvgIpc) is 2.99. The summed E-state index contributed by atoms with van der Waals surface area (Å²) in [4.78, 5) is 12.7. The lowest BCUT2D eigenvalue weighted by Gasteiger charge is -2.47. The standard InChI is InChI=1S/C20H25N5O4S/c1-12-10-25(4)24-16(12)17(26)22-13-5-6-15-14(9-13)20(7-8-29-15)11-30(27,28)19(2,3)18(21)23-20/h5-6,9-10H,7-8,11H2,1-4H3,(H2,21,23)(H,22,26)/t20-/m0/s1. The van der Waals surface area contributed by atoms with E-state index in [1.165, 1.54) is 13.8 Å². The summed E-state index contributed by atoms with van der Waals surface area (Å²) in [5, 5.41) is 18.5. The molecule has 1 fully saturated rings. The van der Waals surface area contributed by atoms with Crippen LogP contribution in [0, 0.1) is 12.3 Å². The van der Waals surface area contributed by atoms with Gasteiger partial charge in [-0.2, -0.15) is 5.10 Å². The topological polar surface area (TPSA) is 126 Å². The van der Waals surface area contributed by atoms with Gasteiger partial charge in [0.05, 0.1) is 17.9 Å². The maximum absolute atomic E-state index is 13.0. The van der Waals surface area contributed by atoms with E-state index in [2.05, 4.69) is 15.7 Å². The van der Waals surface area contributed by atoms with Crippen molar-refractivity contribution in [3.63, 3.8) is 0 Å². The highest BCUT2D eigenvalue weighted by atomic mass is 32.2. The molecule has 1 aromatic heterocycles. The Bertz CT molecular complexity index is 1170. The van der Waals surface area contributed by atoms with E-state index < -0.39 is 20.1 Å². The zero-order chi connectivity index (χ0) is 21.9. The molecule has 0 saturated carbocycles. The Balaban J connectivity index is 1.71. The summed E-state index contributed by atoms with van der Waals surface area (Å²) in [6.45, 7) is 5.22. The Morgan fingerprint density at radius 1 is 1.37 bits per heavy atom. The number of nitrogens with one attached hydrogen (secondary N) is 3. The van der Waals surface area contributed by atoms with E-state index in [-0.39, 0.29) is 17.5 Å². The largest absolute Gasteiger partial charge is 0.493 e. The number of amides is 1. The number of aromatic nitrogens is 2. The van der Waals surface area contributed by atoms with E-state index in [0.29, 0.717) is 35.7 Å². The second-order valence-electron chi connectivity index (χ2n) is 8.45. The molecule has 0 radical (unpaired) electrons. The molecule has 1 spiro atoms. The fourth-order valence-corrected chi connectivity index (χ4v) is 5.71. The van der Waals surface area contributed by atoms with Gasteiger partial charge in [0.2, 0.25) is 0 Å². The highest BCUT2D eigenvalue weighted by Gasteiger charge is 2.54.